The van der Waals surface area contributed by atoms with E-state index in [1.54, 1.807) is 7.11 Å². The smallest absolute Gasteiger partial charge is 0.174 e. The van der Waals surface area contributed by atoms with Crippen LogP contribution in [0.4, 0.5) is 0 Å². The van der Waals surface area contributed by atoms with E-state index >= 15 is 0 Å². The fourth-order valence-corrected chi connectivity index (χ4v) is 1.27. The van der Waals surface area contributed by atoms with Crippen molar-refractivity contribution in [3.8, 4) is 17.6 Å². The normalized spacial score (nSPS) is 9.80. The van der Waals surface area contributed by atoms with Crippen LogP contribution in [0.1, 0.15) is 25.3 Å². The molecule has 80 valence electrons. The molecule has 0 heterocycles. The third-order valence-corrected chi connectivity index (χ3v) is 2.15. The van der Waals surface area contributed by atoms with Crippen molar-refractivity contribution in [1.82, 2.24) is 0 Å². The van der Waals surface area contributed by atoms with Crippen LogP contribution in [0.5, 0.6) is 11.5 Å². The lowest BCUT2D eigenvalue weighted by molar-refractivity contribution is 0.329. The fraction of sp³-hybridized carbons (Fsp3) is 0.417. The van der Waals surface area contributed by atoms with Crippen molar-refractivity contribution >= 4 is 0 Å². The van der Waals surface area contributed by atoms with E-state index in [0.29, 0.717) is 17.4 Å². The Hall–Kier alpha value is -1.69. The Morgan fingerprint density at radius 2 is 2.07 bits per heavy atom. The second kappa shape index (κ2) is 5.26. The van der Waals surface area contributed by atoms with Gasteiger partial charge in [0.05, 0.1) is 7.11 Å². The fourth-order valence-electron chi connectivity index (χ4n) is 1.27. The van der Waals surface area contributed by atoms with Crippen molar-refractivity contribution in [3.05, 3.63) is 23.8 Å². The lowest BCUT2D eigenvalue weighted by Crippen LogP contribution is -1.98. The molecule has 0 amide bonds. The van der Waals surface area contributed by atoms with E-state index in [0.717, 1.165) is 0 Å². The van der Waals surface area contributed by atoms with Gasteiger partial charge in [0.15, 0.2) is 18.1 Å². The monoisotopic (exact) mass is 205 g/mol. The zero-order valence-corrected chi connectivity index (χ0v) is 9.28. The maximum Gasteiger partial charge on any atom is 0.174 e. The van der Waals surface area contributed by atoms with Crippen molar-refractivity contribution in [2.75, 3.05) is 13.7 Å². The molecule has 0 N–H and O–H groups in total. The first-order chi connectivity index (χ1) is 7.19. The zero-order valence-electron chi connectivity index (χ0n) is 9.28. The summed E-state index contributed by atoms with van der Waals surface area (Å²) in [6, 6.07) is 7.69. The van der Waals surface area contributed by atoms with Crippen molar-refractivity contribution < 1.29 is 9.47 Å². The second-order valence-corrected chi connectivity index (χ2v) is 3.51. The summed E-state index contributed by atoms with van der Waals surface area (Å²) in [5.41, 5.74) is 1.19. The van der Waals surface area contributed by atoms with Crippen molar-refractivity contribution in [2.24, 2.45) is 0 Å². The number of hydrogen-bond donors (Lipinski definition) is 0. The van der Waals surface area contributed by atoms with E-state index in [1.165, 1.54) is 5.56 Å². The Balaban J connectivity index is 2.94. The highest BCUT2D eigenvalue weighted by molar-refractivity contribution is 5.43. The number of methoxy groups -OCH3 is 1. The molecule has 0 atom stereocenters. The first kappa shape index (κ1) is 11.4. The first-order valence-corrected chi connectivity index (χ1v) is 4.86. The topological polar surface area (TPSA) is 42.2 Å². The molecule has 1 aromatic carbocycles. The van der Waals surface area contributed by atoms with Gasteiger partial charge in [-0.1, -0.05) is 19.9 Å². The Morgan fingerprint density at radius 3 is 2.60 bits per heavy atom. The molecule has 0 bridgehead atoms. The molecule has 15 heavy (non-hydrogen) atoms. The molecule has 0 aliphatic carbocycles. The van der Waals surface area contributed by atoms with Crippen LogP contribution in [0.15, 0.2) is 18.2 Å². The van der Waals surface area contributed by atoms with Gasteiger partial charge in [0.1, 0.15) is 6.07 Å². The minimum atomic E-state index is 0.0391. The highest BCUT2D eigenvalue weighted by Crippen LogP contribution is 2.30. The molecule has 0 aromatic heterocycles. The number of nitrogens with zero attached hydrogens (tertiary/aromatic N) is 1. The average molecular weight is 205 g/mol. The molecule has 3 nitrogen and oxygen atoms in total. The van der Waals surface area contributed by atoms with E-state index in [4.69, 9.17) is 14.7 Å². The summed E-state index contributed by atoms with van der Waals surface area (Å²) in [4.78, 5) is 0. The highest BCUT2D eigenvalue weighted by Gasteiger charge is 2.07. The number of nitriles is 1. The Kier molecular flexibility index (Phi) is 3.99. The summed E-state index contributed by atoms with van der Waals surface area (Å²) in [6.45, 7) is 4.27. The standard InChI is InChI=1S/C12H15NO2/c1-9(2)10-4-5-11(15-7-6-13)12(8-10)14-3/h4-5,8-9H,7H2,1-3H3. The summed E-state index contributed by atoms with van der Waals surface area (Å²) < 4.78 is 10.4. The van der Waals surface area contributed by atoms with Gasteiger partial charge in [0.2, 0.25) is 0 Å². The molecule has 0 spiro atoms. The van der Waals surface area contributed by atoms with Gasteiger partial charge in [-0.3, -0.25) is 0 Å². The van der Waals surface area contributed by atoms with Crippen molar-refractivity contribution in [3.63, 3.8) is 0 Å². The summed E-state index contributed by atoms with van der Waals surface area (Å²) in [6.07, 6.45) is 0. The first-order valence-electron chi connectivity index (χ1n) is 4.86. The van der Waals surface area contributed by atoms with Gasteiger partial charge in [-0.15, -0.1) is 0 Å². The van der Waals surface area contributed by atoms with Gasteiger partial charge >= 0.3 is 0 Å². The molecule has 3 heteroatoms. The Bertz CT molecular complexity index is 366. The molecule has 0 saturated heterocycles. The SMILES string of the molecule is COc1cc(C(C)C)ccc1OCC#N. The lowest BCUT2D eigenvalue weighted by Gasteiger charge is -2.11. The van der Waals surface area contributed by atoms with Crippen LogP contribution in [0.25, 0.3) is 0 Å². The number of rotatable bonds is 4. The summed E-state index contributed by atoms with van der Waals surface area (Å²) in [5.74, 6) is 1.74. The van der Waals surface area contributed by atoms with Crippen LogP contribution < -0.4 is 9.47 Å². The summed E-state index contributed by atoms with van der Waals surface area (Å²) in [7, 11) is 1.60. The lowest BCUT2D eigenvalue weighted by atomic mass is 10.0. The van der Waals surface area contributed by atoms with Gasteiger partial charge in [-0.25, -0.2) is 0 Å². The third-order valence-electron chi connectivity index (χ3n) is 2.15. The zero-order chi connectivity index (χ0) is 11.3. The van der Waals surface area contributed by atoms with Crippen LogP contribution in [-0.4, -0.2) is 13.7 Å². The molecule has 0 aliphatic rings. The highest BCUT2D eigenvalue weighted by atomic mass is 16.5. The van der Waals surface area contributed by atoms with E-state index in [1.807, 2.05) is 24.3 Å². The van der Waals surface area contributed by atoms with E-state index in [-0.39, 0.29) is 6.61 Å². The largest absolute Gasteiger partial charge is 0.493 e. The predicted molar refractivity (Wildman–Crippen MR) is 58.2 cm³/mol. The van der Waals surface area contributed by atoms with Crippen LogP contribution in [-0.2, 0) is 0 Å². The molecular weight excluding hydrogens is 190 g/mol. The molecule has 0 saturated carbocycles. The van der Waals surface area contributed by atoms with E-state index < -0.39 is 0 Å². The van der Waals surface area contributed by atoms with Gasteiger partial charge in [-0.05, 0) is 23.6 Å². The minimum Gasteiger partial charge on any atom is -0.493 e. The Morgan fingerprint density at radius 1 is 1.33 bits per heavy atom. The van der Waals surface area contributed by atoms with Crippen molar-refractivity contribution in [2.45, 2.75) is 19.8 Å². The number of benzene rings is 1. The average Bonchev–Trinajstić information content (AvgIpc) is 2.25. The van der Waals surface area contributed by atoms with Gasteiger partial charge in [-0.2, -0.15) is 5.26 Å². The van der Waals surface area contributed by atoms with Crippen LogP contribution >= 0.6 is 0 Å². The molecule has 0 radical (unpaired) electrons. The summed E-state index contributed by atoms with van der Waals surface area (Å²) >= 11 is 0. The van der Waals surface area contributed by atoms with Gasteiger partial charge in [0, 0.05) is 0 Å². The maximum absolute atomic E-state index is 8.42. The maximum atomic E-state index is 8.42. The number of hydrogen-bond acceptors (Lipinski definition) is 3. The molecule has 1 aromatic rings. The predicted octanol–water partition coefficient (Wildman–Crippen LogP) is 2.72. The van der Waals surface area contributed by atoms with Crippen LogP contribution in [0.3, 0.4) is 0 Å². The third kappa shape index (κ3) is 2.88. The quantitative estimate of drug-likeness (QED) is 0.759. The van der Waals surface area contributed by atoms with Crippen LogP contribution in [0.2, 0.25) is 0 Å². The summed E-state index contributed by atoms with van der Waals surface area (Å²) in [5, 5.41) is 8.42. The van der Waals surface area contributed by atoms with E-state index in [2.05, 4.69) is 13.8 Å². The van der Waals surface area contributed by atoms with Crippen molar-refractivity contribution in [1.29, 1.82) is 5.26 Å². The second-order valence-electron chi connectivity index (χ2n) is 3.51. The van der Waals surface area contributed by atoms with E-state index in [9.17, 15) is 0 Å². The van der Waals surface area contributed by atoms with Gasteiger partial charge < -0.3 is 9.47 Å². The minimum absolute atomic E-state index is 0.0391. The van der Waals surface area contributed by atoms with Gasteiger partial charge in [0.25, 0.3) is 0 Å². The Labute approximate surface area is 90.2 Å². The molecule has 0 fully saturated rings. The molecule has 0 aliphatic heterocycles. The molecule has 0 unspecified atom stereocenters. The van der Waals surface area contributed by atoms with Crippen LogP contribution in [0, 0.1) is 11.3 Å². The molecule has 1 rings (SSSR count). The number of ether oxygens (including phenoxy) is 2. The molecular formula is C12H15NO2.